The lowest BCUT2D eigenvalue weighted by Crippen LogP contribution is -2.36. The van der Waals surface area contributed by atoms with Crippen LogP contribution < -0.4 is 47.7 Å². The zero-order valence-corrected chi connectivity index (χ0v) is 104. The number of benzene rings is 11. The van der Waals surface area contributed by atoms with E-state index in [1.807, 2.05) is 48.5 Å². The minimum Gasteiger partial charge on any atom is -0.289 e. The van der Waals surface area contributed by atoms with Gasteiger partial charge in [0, 0.05) is 44.5 Å². The number of allylic oxidation sites excluding steroid dienone is 4. The van der Waals surface area contributed by atoms with Crippen LogP contribution in [0, 0.1) is 0 Å². The van der Waals surface area contributed by atoms with E-state index < -0.39 is 23.8 Å². The lowest BCUT2D eigenvalue weighted by atomic mass is 9.76. The molecular formula is C143H187O4P3. The third kappa shape index (κ3) is 22.7. The number of Topliss-reactive ketones (excluding diaryl/α,β-unsaturated/α-hetero) is 4. The summed E-state index contributed by atoms with van der Waals surface area (Å²) in [6, 6.07) is 60.2. The second kappa shape index (κ2) is 47.3. The minimum absolute atomic E-state index is 0.00576. The van der Waals surface area contributed by atoms with Gasteiger partial charge < -0.3 is 0 Å². The Morgan fingerprint density at radius 3 is 0.313 bits per heavy atom. The predicted octanol–water partition coefficient (Wildman–Crippen LogP) is 38.8. The molecule has 0 aromatic heterocycles. The smallest absolute Gasteiger partial charge is 0.195 e. The van der Waals surface area contributed by atoms with E-state index in [9.17, 15) is 0 Å². The van der Waals surface area contributed by atoms with E-state index in [1.165, 1.54) is 153 Å². The van der Waals surface area contributed by atoms with Crippen LogP contribution >= 0.6 is 23.8 Å². The lowest BCUT2D eigenvalue weighted by molar-refractivity contribution is 0.101. The van der Waals surface area contributed by atoms with Crippen molar-refractivity contribution in [2.75, 3.05) is 0 Å². The highest BCUT2D eigenvalue weighted by molar-refractivity contribution is 7.81. The molecular weight excluding hydrogens is 1870 g/mol. The van der Waals surface area contributed by atoms with Crippen molar-refractivity contribution in [2.24, 2.45) is 0 Å². The summed E-state index contributed by atoms with van der Waals surface area (Å²) < 4.78 is 0. The van der Waals surface area contributed by atoms with Gasteiger partial charge in [0.2, 0.25) is 0 Å². The van der Waals surface area contributed by atoms with Crippen LogP contribution in [0.25, 0.3) is 22.3 Å². The van der Waals surface area contributed by atoms with Gasteiger partial charge in [-0.2, -0.15) is 0 Å². The molecule has 2 aliphatic carbocycles. The number of fused-ring (bicyclic) bond motifs is 2. The summed E-state index contributed by atoms with van der Waals surface area (Å²) >= 11 is 0. The van der Waals surface area contributed by atoms with Crippen molar-refractivity contribution in [3.8, 4) is 0 Å². The Bertz CT molecular complexity index is 6230. The van der Waals surface area contributed by atoms with Gasteiger partial charge >= 0.3 is 0 Å². The van der Waals surface area contributed by atoms with Crippen molar-refractivity contribution in [3.05, 3.63) is 330 Å². The molecule has 0 fully saturated rings. The van der Waals surface area contributed by atoms with Crippen molar-refractivity contribution in [1.29, 1.82) is 0 Å². The Kier molecular flexibility index (Phi) is 37.2. The fourth-order valence-corrected chi connectivity index (χ4v) is 36.1. The molecule has 0 N–H and O–H groups in total. The van der Waals surface area contributed by atoms with Crippen molar-refractivity contribution >= 4 is 117 Å². The largest absolute Gasteiger partial charge is 0.289 e. The molecule has 150 heavy (non-hydrogen) atoms. The fourth-order valence-electron chi connectivity index (χ4n) is 23.6. The van der Waals surface area contributed by atoms with Crippen molar-refractivity contribution in [2.45, 2.75) is 455 Å². The first-order chi connectivity index (χ1) is 70.2. The van der Waals surface area contributed by atoms with Crippen LogP contribution in [-0.2, 0) is 0 Å². The molecule has 0 unspecified atom stereocenters. The third-order valence-corrected chi connectivity index (χ3v) is 41.2. The Labute approximate surface area is 914 Å². The highest BCUT2D eigenvalue weighted by Crippen LogP contribution is 2.57. The monoisotopic (exact) mass is 2060 g/mol. The topological polar surface area (TPSA) is 68.3 Å². The first-order valence-electron chi connectivity index (χ1n) is 58.1. The number of carbonyl (C=O) groups excluding carboxylic acids is 4. The highest BCUT2D eigenvalue weighted by Gasteiger charge is 2.46. The Hall–Kier alpha value is -9.13. The van der Waals surface area contributed by atoms with Crippen molar-refractivity contribution < 1.29 is 19.2 Å². The van der Waals surface area contributed by atoms with E-state index in [-0.39, 0.29) is 136 Å². The summed E-state index contributed by atoms with van der Waals surface area (Å²) in [6.45, 7) is 109. The second-order valence-electron chi connectivity index (χ2n) is 51.7. The quantitative estimate of drug-likeness (QED) is 0.0367. The molecule has 13 rings (SSSR count). The molecule has 0 amide bonds. The van der Waals surface area contributed by atoms with Gasteiger partial charge in [-0.25, -0.2) is 0 Å². The molecule has 0 saturated heterocycles. The Morgan fingerprint density at radius 1 is 0.133 bits per heavy atom. The SMILES string of the molecule is CC(C)c1cc(C(C)C)c(P(c2c(C(C)C)cc(C3=C(c4cc(C(C)C)c(P(c5c(C(C)C)cc(C(C)C)cc5C(C)C)c5c(C(C)C)cc(C(C)C)cc5C(C)C)c(C(C)C)c4)C(=O)c4ccccc4C3=O)cc2C(C)C)c2c(C(C)C)cc(C3=C(c4cc(C(C)C)c(P(c5c(C(C)C)cc(C(C)C)cc5C(C)C)c5c(C(C)C)cc(C(C)C)cc5C(C)C)c(C(C)C)c4)C(=O)c4ccccc4C3=O)cc2C(C)C)c(C(C)C)c1. The molecule has 0 atom stereocenters. The first-order valence-corrected chi connectivity index (χ1v) is 62.1. The van der Waals surface area contributed by atoms with Gasteiger partial charge in [-0.15, -0.1) is 0 Å². The summed E-state index contributed by atoms with van der Waals surface area (Å²) in [5.74, 6) is 2.44. The molecule has 11 aromatic carbocycles. The predicted molar refractivity (Wildman–Crippen MR) is 663 cm³/mol. The van der Waals surface area contributed by atoms with Crippen LogP contribution in [0.3, 0.4) is 0 Å². The molecule has 0 heterocycles. The van der Waals surface area contributed by atoms with E-state index in [1.54, 1.807) is 0 Å². The number of hydrogen-bond acceptors (Lipinski definition) is 4. The van der Waals surface area contributed by atoms with Gasteiger partial charge in [0.05, 0.1) is 0 Å². The number of rotatable bonds is 36. The fraction of sp³-hybridized carbons (Fsp3) is 0.483. The molecule has 0 aliphatic heterocycles. The zero-order valence-electron chi connectivity index (χ0n) is 101. The second-order valence-corrected chi connectivity index (χ2v) is 57.8. The Morgan fingerprint density at radius 2 is 0.227 bits per heavy atom. The first kappa shape index (κ1) is 118. The molecule has 0 radical (unpaired) electrons. The van der Waals surface area contributed by atoms with E-state index >= 15 is 19.2 Å². The van der Waals surface area contributed by atoms with E-state index in [0.717, 1.165) is 44.5 Å². The van der Waals surface area contributed by atoms with Crippen LogP contribution in [0.1, 0.15) is 646 Å². The van der Waals surface area contributed by atoms with E-state index in [4.69, 9.17) is 0 Å². The molecule has 0 spiro atoms. The van der Waals surface area contributed by atoms with Gasteiger partial charge in [-0.1, -0.05) is 476 Å². The van der Waals surface area contributed by atoms with Crippen LogP contribution in [0.15, 0.2) is 158 Å². The maximum absolute atomic E-state index is 17.2. The summed E-state index contributed by atoms with van der Waals surface area (Å²) in [7, 11) is -4.33. The summed E-state index contributed by atoms with van der Waals surface area (Å²) in [5.41, 5.74) is 36.9. The molecule has 4 nitrogen and oxygen atoms in total. The van der Waals surface area contributed by atoms with Gasteiger partial charge in [0.25, 0.3) is 0 Å². The zero-order chi connectivity index (χ0) is 111. The van der Waals surface area contributed by atoms with Crippen LogP contribution in [0.5, 0.6) is 0 Å². The molecule has 0 bridgehead atoms. The van der Waals surface area contributed by atoms with Crippen LogP contribution in [0.2, 0.25) is 0 Å². The van der Waals surface area contributed by atoms with E-state index in [2.05, 4.69) is 428 Å². The maximum atomic E-state index is 17.2. The molecule has 2 aliphatic rings. The normalized spacial score (nSPS) is 13.8. The Balaban J connectivity index is 1.19. The van der Waals surface area contributed by atoms with E-state index in [0.29, 0.717) is 68.2 Å². The van der Waals surface area contributed by atoms with Crippen LogP contribution in [0.4, 0.5) is 0 Å². The summed E-state index contributed by atoms with van der Waals surface area (Å²) in [6.07, 6.45) is 0. The standard InChI is InChI=1S/C143H187O4P3/c1-73(2)96-55-109(78(11)12)135(110(56-96)79(13)14)148(136-111(80(15)16)57-97(74(3)4)58-112(136)81(17)18)140-119(88(31)32)65-101(66-120(140)89(33)34)127-129(133(146)107-53-49-47-51-105(107)131(127)144)103-69-123(92(39)40)142(124(70-103)93(41)42)150(139-117(86(27)28)63-100(77(9)10)64-118(139)87(29)30)143-125(94(43)44)71-104(72-126(143)95(45)46)130-128(132(145)106-52-48-50-54-108(106)134(130)147)102-67-121(90(35)36)141(122(68-102)91(37)38)149(137-113(82(19)20)59-98(75(5)6)60-114(137)83(21)22)138-115(84(23)24)61-99(76(7)8)62-116(138)85(25)26/h47-95H,1-46H3. The number of carbonyl (C=O) groups is 4. The molecule has 798 valence electrons. The van der Waals surface area contributed by atoms with Gasteiger partial charge in [0.1, 0.15) is 0 Å². The number of ketones is 4. The summed E-state index contributed by atoms with van der Waals surface area (Å²) in [4.78, 5) is 68.8. The summed E-state index contributed by atoms with van der Waals surface area (Å²) in [5, 5.41) is 12.5. The van der Waals surface area contributed by atoms with Gasteiger partial charge in [-0.3, -0.25) is 19.2 Å². The van der Waals surface area contributed by atoms with Crippen molar-refractivity contribution in [1.82, 2.24) is 0 Å². The van der Waals surface area contributed by atoms with Gasteiger partial charge in [-0.05, 0) is 358 Å². The molecule has 11 aromatic rings. The van der Waals surface area contributed by atoms with Crippen LogP contribution in [-0.4, -0.2) is 23.1 Å². The lowest BCUT2D eigenvalue weighted by Gasteiger charge is -2.38. The third-order valence-electron chi connectivity index (χ3n) is 32.6. The molecule has 0 saturated carbocycles. The van der Waals surface area contributed by atoms with Crippen molar-refractivity contribution in [3.63, 3.8) is 0 Å². The molecule has 7 heteroatoms. The average molecular weight is 2060 g/mol. The highest BCUT2D eigenvalue weighted by atomic mass is 31.1. The minimum atomic E-state index is -1.64. The number of hydrogen-bond donors (Lipinski definition) is 0. The maximum Gasteiger partial charge on any atom is 0.195 e. The van der Waals surface area contributed by atoms with Gasteiger partial charge in [0.15, 0.2) is 23.1 Å². The average Bonchev–Trinajstić information content (AvgIpc) is 0.707.